The van der Waals surface area contributed by atoms with Crippen molar-refractivity contribution in [3.8, 4) is 16.9 Å². The molecular weight excluding hydrogens is 520 g/mol. The van der Waals surface area contributed by atoms with Gasteiger partial charge in [-0.1, -0.05) is 81.5 Å². The van der Waals surface area contributed by atoms with Crippen LogP contribution in [0, 0.1) is 0 Å². The lowest BCUT2D eigenvalue weighted by Crippen LogP contribution is -2.40. The Morgan fingerprint density at radius 3 is 1.85 bits per heavy atom. The van der Waals surface area contributed by atoms with Crippen LogP contribution in [-0.4, -0.2) is 38.3 Å². The largest absolute Gasteiger partial charge is 0.493 e. The Labute approximate surface area is 241 Å². The topological polar surface area (TPSA) is 82.1 Å². The SMILES string of the molecule is C=C(C)C(=O)OCc1cc(-c2ccc([Si](C)(C)CCCC)cc2)cc(COC(=O)C(=C)C)c1OCCCCCO. The summed E-state index contributed by atoms with van der Waals surface area (Å²) in [5.41, 5.74) is 3.90. The summed E-state index contributed by atoms with van der Waals surface area (Å²) < 4.78 is 17.2. The zero-order chi connectivity index (χ0) is 29.7. The van der Waals surface area contributed by atoms with E-state index in [1.165, 1.54) is 24.1 Å². The van der Waals surface area contributed by atoms with Crippen molar-refractivity contribution < 1.29 is 28.9 Å². The summed E-state index contributed by atoms with van der Waals surface area (Å²) in [4.78, 5) is 24.5. The van der Waals surface area contributed by atoms with E-state index >= 15 is 0 Å². The highest BCUT2D eigenvalue weighted by molar-refractivity contribution is 6.89. The Bertz CT molecular complexity index is 1110. The van der Waals surface area contributed by atoms with Crippen molar-refractivity contribution in [3.05, 3.63) is 71.8 Å². The molecule has 0 atom stereocenters. The minimum absolute atomic E-state index is 0.0119. The smallest absolute Gasteiger partial charge is 0.333 e. The van der Waals surface area contributed by atoms with Crippen LogP contribution in [0.2, 0.25) is 19.1 Å². The maximum Gasteiger partial charge on any atom is 0.333 e. The molecule has 0 heterocycles. The van der Waals surface area contributed by atoms with E-state index in [2.05, 4.69) is 57.4 Å². The average molecular weight is 567 g/mol. The minimum Gasteiger partial charge on any atom is -0.493 e. The maximum atomic E-state index is 12.2. The molecule has 0 amide bonds. The molecule has 0 saturated heterocycles. The number of esters is 2. The van der Waals surface area contributed by atoms with Crippen LogP contribution in [0.1, 0.15) is 64.0 Å². The van der Waals surface area contributed by atoms with Gasteiger partial charge in [-0.25, -0.2) is 9.59 Å². The van der Waals surface area contributed by atoms with E-state index in [0.717, 1.165) is 24.0 Å². The number of benzene rings is 2. The van der Waals surface area contributed by atoms with Gasteiger partial charge in [0.15, 0.2) is 0 Å². The lowest BCUT2D eigenvalue weighted by molar-refractivity contribution is -0.140. The van der Waals surface area contributed by atoms with Crippen LogP contribution in [0.15, 0.2) is 60.7 Å². The second kappa shape index (κ2) is 16.2. The van der Waals surface area contributed by atoms with Crippen molar-refractivity contribution in [3.63, 3.8) is 0 Å². The third-order valence-corrected chi connectivity index (χ3v) is 10.4. The van der Waals surface area contributed by atoms with Crippen LogP contribution < -0.4 is 9.92 Å². The van der Waals surface area contributed by atoms with Gasteiger partial charge in [0, 0.05) is 28.9 Å². The van der Waals surface area contributed by atoms with Crippen molar-refractivity contribution in [2.24, 2.45) is 0 Å². The van der Waals surface area contributed by atoms with Crippen molar-refractivity contribution in [1.82, 2.24) is 0 Å². The molecular formula is C33H46O6Si. The molecule has 0 bridgehead atoms. The van der Waals surface area contributed by atoms with Gasteiger partial charge in [0.25, 0.3) is 0 Å². The Hall–Kier alpha value is -3.16. The number of carbonyl (C=O) groups excluding carboxylic acids is 2. The molecule has 0 unspecified atom stereocenters. The molecule has 1 N–H and O–H groups in total. The maximum absolute atomic E-state index is 12.2. The fourth-order valence-corrected chi connectivity index (χ4v) is 6.89. The number of rotatable bonds is 17. The first-order chi connectivity index (χ1) is 19.0. The van der Waals surface area contributed by atoms with Crippen LogP contribution >= 0.6 is 0 Å². The number of hydrogen-bond donors (Lipinski definition) is 1. The first-order valence-corrected chi connectivity index (χ1v) is 17.4. The van der Waals surface area contributed by atoms with Gasteiger partial charge in [-0.2, -0.15) is 0 Å². The van der Waals surface area contributed by atoms with Crippen molar-refractivity contribution in [2.45, 2.75) is 85.2 Å². The molecule has 0 aliphatic rings. The molecule has 0 spiro atoms. The van der Waals surface area contributed by atoms with Gasteiger partial charge in [0.2, 0.25) is 0 Å². The zero-order valence-electron chi connectivity index (χ0n) is 24.9. The molecule has 218 valence electrons. The standard InChI is InChI=1S/C33H46O6Si/c1-8-9-19-40(6,7)30-15-13-26(14-16-30)27-20-28(22-38-32(35)24(2)3)31(37-18-12-10-11-17-34)29(21-27)23-39-33(36)25(4)5/h13-16,20-21,34H,2,4,8-12,17-19,22-23H2,1,3,5-7H3. The second-order valence-corrected chi connectivity index (χ2v) is 15.9. The van der Waals surface area contributed by atoms with E-state index in [4.69, 9.17) is 19.3 Å². The van der Waals surface area contributed by atoms with Crippen molar-refractivity contribution in [2.75, 3.05) is 13.2 Å². The summed E-state index contributed by atoms with van der Waals surface area (Å²) in [7, 11) is -1.52. The third-order valence-electron chi connectivity index (χ3n) is 6.86. The summed E-state index contributed by atoms with van der Waals surface area (Å²) >= 11 is 0. The summed E-state index contributed by atoms with van der Waals surface area (Å²) in [6.45, 7) is 18.1. The molecule has 2 aromatic carbocycles. The Morgan fingerprint density at radius 2 is 1.38 bits per heavy atom. The third kappa shape index (κ3) is 10.1. The number of hydrogen-bond acceptors (Lipinski definition) is 6. The van der Waals surface area contributed by atoms with Crippen molar-refractivity contribution >= 4 is 25.2 Å². The molecule has 2 rings (SSSR count). The highest BCUT2D eigenvalue weighted by atomic mass is 28.3. The Morgan fingerprint density at radius 1 is 0.825 bits per heavy atom. The van der Waals surface area contributed by atoms with Gasteiger partial charge < -0.3 is 19.3 Å². The van der Waals surface area contributed by atoms with Crippen LogP contribution in [0.5, 0.6) is 5.75 Å². The Balaban J connectivity index is 2.51. The quantitative estimate of drug-likeness (QED) is 0.0976. The summed E-state index contributed by atoms with van der Waals surface area (Å²) in [6, 6.07) is 13.9. The van der Waals surface area contributed by atoms with Gasteiger partial charge >= 0.3 is 11.9 Å². The Kier molecular flexibility index (Phi) is 13.4. The first kappa shape index (κ1) is 33.0. The fraction of sp³-hybridized carbons (Fsp3) is 0.455. The molecule has 0 aromatic heterocycles. The average Bonchev–Trinajstić information content (AvgIpc) is 2.93. The number of aliphatic hydroxyl groups is 1. The molecule has 0 radical (unpaired) electrons. The fourth-order valence-electron chi connectivity index (χ4n) is 4.30. The van der Waals surface area contributed by atoms with E-state index in [1.807, 2.05) is 12.1 Å². The van der Waals surface area contributed by atoms with E-state index < -0.39 is 20.0 Å². The molecule has 0 aliphatic carbocycles. The van der Waals surface area contributed by atoms with Crippen LogP contribution in [-0.2, 0) is 32.3 Å². The lowest BCUT2D eigenvalue weighted by Gasteiger charge is -2.23. The van der Waals surface area contributed by atoms with Gasteiger partial charge in [0.05, 0.1) is 14.7 Å². The molecule has 6 nitrogen and oxygen atoms in total. The van der Waals surface area contributed by atoms with Gasteiger partial charge in [-0.05, 0) is 56.4 Å². The van der Waals surface area contributed by atoms with Gasteiger partial charge in [-0.3, -0.25) is 0 Å². The van der Waals surface area contributed by atoms with Gasteiger partial charge in [0.1, 0.15) is 19.0 Å². The normalized spacial score (nSPS) is 11.2. The predicted octanol–water partition coefficient (Wildman–Crippen LogP) is 6.85. The lowest BCUT2D eigenvalue weighted by atomic mass is 9.98. The van der Waals surface area contributed by atoms with E-state index in [0.29, 0.717) is 41.1 Å². The molecule has 0 aliphatic heterocycles. The second-order valence-electron chi connectivity index (χ2n) is 11.0. The zero-order valence-corrected chi connectivity index (χ0v) is 25.9. The van der Waals surface area contributed by atoms with Gasteiger partial charge in [-0.15, -0.1) is 0 Å². The van der Waals surface area contributed by atoms with E-state index in [-0.39, 0.29) is 19.8 Å². The predicted molar refractivity (Wildman–Crippen MR) is 164 cm³/mol. The number of aliphatic hydroxyl groups excluding tert-OH is 1. The van der Waals surface area contributed by atoms with Crippen LogP contribution in [0.3, 0.4) is 0 Å². The molecule has 7 heteroatoms. The van der Waals surface area contributed by atoms with Crippen molar-refractivity contribution in [1.29, 1.82) is 0 Å². The number of unbranched alkanes of at least 4 members (excludes halogenated alkanes) is 3. The highest BCUT2D eigenvalue weighted by Crippen LogP contribution is 2.33. The summed E-state index contributed by atoms with van der Waals surface area (Å²) in [6.07, 6.45) is 4.70. The molecule has 0 saturated carbocycles. The van der Waals surface area contributed by atoms with Crippen LogP contribution in [0.25, 0.3) is 11.1 Å². The summed E-state index contributed by atoms with van der Waals surface area (Å²) in [5, 5.41) is 10.5. The van der Waals surface area contributed by atoms with Crippen LogP contribution in [0.4, 0.5) is 0 Å². The number of carbonyl (C=O) groups is 2. The number of ether oxygens (including phenoxy) is 3. The highest BCUT2D eigenvalue weighted by Gasteiger charge is 2.23. The monoisotopic (exact) mass is 566 g/mol. The molecule has 40 heavy (non-hydrogen) atoms. The van der Waals surface area contributed by atoms with E-state index in [1.54, 1.807) is 13.8 Å². The van der Waals surface area contributed by atoms with E-state index in [9.17, 15) is 9.59 Å². The molecule has 0 fully saturated rings. The minimum atomic E-state index is -1.52. The summed E-state index contributed by atoms with van der Waals surface area (Å²) in [5.74, 6) is -0.446. The first-order valence-electron chi connectivity index (χ1n) is 14.2. The molecule has 2 aromatic rings.